The molecule has 0 atom stereocenters. The maximum atomic E-state index is 13.5. The van der Waals surface area contributed by atoms with Crippen molar-refractivity contribution in [2.24, 2.45) is 5.92 Å². The molecule has 2 aliphatic heterocycles. The van der Waals surface area contributed by atoms with Gasteiger partial charge in [-0.15, -0.1) is 0 Å². The number of amides is 2. The number of benzene rings is 1. The van der Waals surface area contributed by atoms with Crippen molar-refractivity contribution in [3.05, 3.63) is 35.3 Å². The number of aryl methyl sites for hydroxylation is 1. The zero-order valence-corrected chi connectivity index (χ0v) is 16.4. The number of carbonyl (C=O) groups excluding carboxylic acids is 2. The summed E-state index contributed by atoms with van der Waals surface area (Å²) in [7, 11) is 0. The molecule has 0 saturated carbocycles. The van der Waals surface area contributed by atoms with E-state index in [1.54, 1.807) is 17.9 Å². The molecule has 2 amide bonds. The smallest absolute Gasteiger partial charge is 0.289 e. The number of piperidine rings is 1. The van der Waals surface area contributed by atoms with E-state index in [0.29, 0.717) is 42.5 Å². The van der Waals surface area contributed by atoms with Gasteiger partial charge in [-0.2, -0.15) is 0 Å². The van der Waals surface area contributed by atoms with E-state index in [1.807, 2.05) is 4.90 Å². The van der Waals surface area contributed by atoms with Crippen molar-refractivity contribution in [3.8, 4) is 0 Å². The van der Waals surface area contributed by atoms with Gasteiger partial charge in [0, 0.05) is 43.0 Å². The van der Waals surface area contributed by atoms with Gasteiger partial charge in [-0.25, -0.2) is 4.39 Å². The van der Waals surface area contributed by atoms with Crippen molar-refractivity contribution >= 4 is 22.8 Å². The highest BCUT2D eigenvalue weighted by Crippen LogP contribution is 2.29. The lowest BCUT2D eigenvalue weighted by atomic mass is 9.94. The van der Waals surface area contributed by atoms with Gasteiger partial charge in [-0.1, -0.05) is 12.8 Å². The summed E-state index contributed by atoms with van der Waals surface area (Å²) in [5.41, 5.74) is 1.19. The van der Waals surface area contributed by atoms with E-state index in [-0.39, 0.29) is 29.3 Å². The minimum absolute atomic E-state index is 0.00742. The molecule has 2 aromatic rings. The number of rotatable bonds is 2. The Bertz CT molecular complexity index is 875. The molecule has 0 bridgehead atoms. The van der Waals surface area contributed by atoms with Crippen LogP contribution in [0.1, 0.15) is 54.6 Å². The summed E-state index contributed by atoms with van der Waals surface area (Å²) in [6, 6.07) is 4.29. The predicted molar refractivity (Wildman–Crippen MR) is 105 cm³/mol. The first kappa shape index (κ1) is 19.0. The Morgan fingerprint density at radius 3 is 2.36 bits per heavy atom. The molecule has 6 heteroatoms. The molecule has 0 spiro atoms. The average molecular weight is 386 g/mol. The molecule has 150 valence electrons. The molecule has 2 fully saturated rings. The Labute approximate surface area is 164 Å². The lowest BCUT2D eigenvalue weighted by Crippen LogP contribution is -2.44. The van der Waals surface area contributed by atoms with E-state index in [1.165, 1.54) is 25.0 Å². The third-order valence-corrected chi connectivity index (χ3v) is 6.14. The van der Waals surface area contributed by atoms with E-state index in [0.717, 1.165) is 25.9 Å². The number of halogens is 1. The minimum Gasteiger partial charge on any atom is -0.451 e. The van der Waals surface area contributed by atoms with Crippen LogP contribution >= 0.6 is 0 Å². The van der Waals surface area contributed by atoms with E-state index in [9.17, 15) is 14.0 Å². The second kappa shape index (κ2) is 7.94. The van der Waals surface area contributed by atoms with E-state index >= 15 is 0 Å². The molecule has 0 radical (unpaired) electrons. The Morgan fingerprint density at radius 2 is 1.68 bits per heavy atom. The van der Waals surface area contributed by atoms with Gasteiger partial charge in [0.05, 0.1) is 0 Å². The first-order valence-electron chi connectivity index (χ1n) is 10.3. The third kappa shape index (κ3) is 3.64. The van der Waals surface area contributed by atoms with Crippen molar-refractivity contribution in [2.45, 2.75) is 45.4 Å². The first-order valence-corrected chi connectivity index (χ1v) is 10.3. The van der Waals surface area contributed by atoms with Gasteiger partial charge in [0.15, 0.2) is 5.76 Å². The van der Waals surface area contributed by atoms with E-state index < -0.39 is 0 Å². The summed E-state index contributed by atoms with van der Waals surface area (Å²) in [4.78, 5) is 29.5. The second-order valence-corrected chi connectivity index (χ2v) is 8.00. The highest BCUT2D eigenvalue weighted by atomic mass is 19.1. The van der Waals surface area contributed by atoms with Gasteiger partial charge in [0.1, 0.15) is 11.4 Å². The lowest BCUT2D eigenvalue weighted by molar-refractivity contribution is -0.136. The van der Waals surface area contributed by atoms with Crippen LogP contribution in [0.25, 0.3) is 11.0 Å². The van der Waals surface area contributed by atoms with Crippen molar-refractivity contribution in [2.75, 3.05) is 26.2 Å². The largest absolute Gasteiger partial charge is 0.451 e. The summed E-state index contributed by atoms with van der Waals surface area (Å²) < 4.78 is 19.2. The van der Waals surface area contributed by atoms with Crippen LogP contribution in [0.5, 0.6) is 0 Å². The van der Waals surface area contributed by atoms with Gasteiger partial charge < -0.3 is 14.2 Å². The third-order valence-electron chi connectivity index (χ3n) is 6.14. The fourth-order valence-corrected chi connectivity index (χ4v) is 4.42. The molecular formula is C22H27FN2O3. The molecule has 2 aliphatic rings. The monoisotopic (exact) mass is 386 g/mol. The maximum absolute atomic E-state index is 13.5. The molecule has 2 saturated heterocycles. The van der Waals surface area contributed by atoms with E-state index in [2.05, 4.69) is 0 Å². The fourth-order valence-electron chi connectivity index (χ4n) is 4.42. The molecule has 1 aromatic heterocycles. The fraction of sp³-hybridized carbons (Fsp3) is 0.545. The molecule has 28 heavy (non-hydrogen) atoms. The SMILES string of the molecule is Cc1c(C(=O)N2CCC(C(=O)N3CCCCCC3)CC2)oc2ccc(F)cc12. The molecule has 0 N–H and O–H groups in total. The van der Waals surface area contributed by atoms with Crippen LogP contribution in [-0.4, -0.2) is 47.8 Å². The number of hydrogen-bond donors (Lipinski definition) is 0. The van der Waals surface area contributed by atoms with Gasteiger partial charge in [-0.05, 0) is 50.8 Å². The molecule has 0 aliphatic carbocycles. The van der Waals surface area contributed by atoms with Crippen molar-refractivity contribution in [1.82, 2.24) is 9.80 Å². The van der Waals surface area contributed by atoms with Crippen LogP contribution in [-0.2, 0) is 4.79 Å². The molecular weight excluding hydrogens is 359 g/mol. The van der Waals surface area contributed by atoms with Gasteiger partial charge in [0.25, 0.3) is 5.91 Å². The normalized spacial score (nSPS) is 19.1. The molecule has 0 unspecified atom stereocenters. The van der Waals surface area contributed by atoms with Crippen LogP contribution in [0.3, 0.4) is 0 Å². The Kier molecular flexibility index (Phi) is 5.38. The summed E-state index contributed by atoms with van der Waals surface area (Å²) in [6.45, 7) is 4.62. The zero-order chi connectivity index (χ0) is 19.7. The first-order chi connectivity index (χ1) is 13.5. The van der Waals surface area contributed by atoms with Crippen LogP contribution in [0.2, 0.25) is 0 Å². The molecule has 1 aromatic carbocycles. The van der Waals surface area contributed by atoms with Crippen molar-refractivity contribution in [3.63, 3.8) is 0 Å². The number of fused-ring (bicyclic) bond motifs is 1. The zero-order valence-electron chi connectivity index (χ0n) is 16.4. The Hall–Kier alpha value is -2.37. The maximum Gasteiger partial charge on any atom is 0.289 e. The highest BCUT2D eigenvalue weighted by molar-refractivity contribution is 5.99. The lowest BCUT2D eigenvalue weighted by Gasteiger charge is -2.33. The number of furan rings is 1. The van der Waals surface area contributed by atoms with Gasteiger partial charge in [0.2, 0.25) is 5.91 Å². The van der Waals surface area contributed by atoms with Crippen molar-refractivity contribution < 1.29 is 18.4 Å². The molecule has 3 heterocycles. The summed E-state index contributed by atoms with van der Waals surface area (Å²) in [5.74, 6) is 0.0216. The highest BCUT2D eigenvalue weighted by Gasteiger charge is 2.32. The average Bonchev–Trinajstić information content (AvgIpc) is 2.89. The van der Waals surface area contributed by atoms with E-state index in [4.69, 9.17) is 4.42 Å². The Balaban J connectivity index is 1.41. The molecule has 4 rings (SSSR count). The van der Waals surface area contributed by atoms with Gasteiger partial charge >= 0.3 is 0 Å². The van der Waals surface area contributed by atoms with Crippen LogP contribution in [0.4, 0.5) is 4.39 Å². The predicted octanol–water partition coefficient (Wildman–Crippen LogP) is 4.14. The standard InChI is InChI=1S/C22H27FN2O3/c1-15-18-14-17(23)6-7-19(18)28-20(15)22(27)25-12-8-16(9-13-25)21(26)24-10-4-2-3-5-11-24/h6-7,14,16H,2-5,8-13H2,1H3. The molecule has 5 nitrogen and oxygen atoms in total. The van der Waals surface area contributed by atoms with Crippen LogP contribution in [0.15, 0.2) is 22.6 Å². The second-order valence-electron chi connectivity index (χ2n) is 8.00. The number of nitrogens with zero attached hydrogens (tertiary/aromatic N) is 2. The number of likely N-dealkylation sites (tertiary alicyclic amines) is 2. The minimum atomic E-state index is -0.344. The van der Waals surface area contributed by atoms with Crippen LogP contribution in [0, 0.1) is 18.7 Å². The topological polar surface area (TPSA) is 53.8 Å². The Morgan fingerprint density at radius 1 is 1.00 bits per heavy atom. The van der Waals surface area contributed by atoms with Gasteiger partial charge in [-0.3, -0.25) is 9.59 Å². The number of hydrogen-bond acceptors (Lipinski definition) is 3. The summed E-state index contributed by atoms with van der Waals surface area (Å²) in [6.07, 6.45) is 5.98. The summed E-state index contributed by atoms with van der Waals surface area (Å²) in [5, 5.41) is 0.634. The van der Waals surface area contributed by atoms with Crippen molar-refractivity contribution in [1.29, 1.82) is 0 Å². The number of carbonyl (C=O) groups is 2. The summed E-state index contributed by atoms with van der Waals surface area (Å²) >= 11 is 0. The van der Waals surface area contributed by atoms with Crippen LogP contribution < -0.4 is 0 Å². The quantitative estimate of drug-likeness (QED) is 0.780.